The maximum atomic E-state index is 4.92. The third kappa shape index (κ3) is 5.55. The molecule has 1 aliphatic heterocycles. The van der Waals surface area contributed by atoms with E-state index in [0.717, 1.165) is 51.3 Å². The van der Waals surface area contributed by atoms with Crippen molar-refractivity contribution in [2.45, 2.75) is 26.2 Å². The molecule has 0 saturated carbocycles. The van der Waals surface area contributed by atoms with Gasteiger partial charge in [0.05, 0.1) is 18.0 Å². The Labute approximate surface area is 313 Å². The summed E-state index contributed by atoms with van der Waals surface area (Å²) in [6.07, 6.45) is 1.92. The fourth-order valence-electron chi connectivity index (χ4n) is 7.47. The molecule has 2 aromatic heterocycles. The van der Waals surface area contributed by atoms with Gasteiger partial charge in [-0.1, -0.05) is 97.8 Å². The number of aromatic nitrogens is 2. The molecule has 0 fully saturated rings. The molecular formula is C46H36N4Pt. The first-order chi connectivity index (χ1) is 24.5. The number of benzene rings is 6. The summed E-state index contributed by atoms with van der Waals surface area (Å²) in [7, 11) is 0. The maximum absolute atomic E-state index is 4.92. The zero-order chi connectivity index (χ0) is 33.8. The van der Waals surface area contributed by atoms with Crippen molar-refractivity contribution in [2.75, 3.05) is 16.5 Å². The van der Waals surface area contributed by atoms with Gasteiger partial charge in [0.25, 0.3) is 0 Å². The van der Waals surface area contributed by atoms with Gasteiger partial charge in [-0.25, -0.2) is 4.98 Å². The van der Waals surface area contributed by atoms with Gasteiger partial charge >= 0.3 is 21.1 Å². The Hall–Kier alpha value is -5.44. The van der Waals surface area contributed by atoms with E-state index in [-0.39, 0.29) is 26.5 Å². The van der Waals surface area contributed by atoms with Crippen LogP contribution in [-0.4, -0.2) is 16.2 Å². The van der Waals surface area contributed by atoms with E-state index < -0.39 is 0 Å². The second-order valence-corrected chi connectivity index (χ2v) is 13.6. The molecule has 0 bridgehead atoms. The van der Waals surface area contributed by atoms with Gasteiger partial charge in [-0.3, -0.25) is 0 Å². The number of hydrogen-bond donors (Lipinski definition) is 0. The maximum Gasteiger partial charge on any atom is 2.00 e. The van der Waals surface area contributed by atoms with Gasteiger partial charge in [0.15, 0.2) is 0 Å². The molecule has 3 heterocycles. The smallest absolute Gasteiger partial charge is 0.345 e. The first-order valence-electron chi connectivity index (χ1n) is 17.2. The zero-order valence-corrected chi connectivity index (χ0v) is 31.0. The van der Waals surface area contributed by atoms with Gasteiger partial charge in [0.1, 0.15) is 5.82 Å². The van der Waals surface area contributed by atoms with E-state index in [4.69, 9.17) is 4.98 Å². The summed E-state index contributed by atoms with van der Waals surface area (Å²) < 4.78 is 2.27. The number of rotatable bonds is 6. The van der Waals surface area contributed by atoms with Crippen LogP contribution in [0.2, 0.25) is 0 Å². The third-order valence-corrected chi connectivity index (χ3v) is 10.2. The number of fused-ring (bicyclic) bond motifs is 4. The topological polar surface area (TPSA) is 24.3 Å². The normalized spacial score (nSPS) is 12.7. The second-order valence-electron chi connectivity index (χ2n) is 13.6. The van der Waals surface area contributed by atoms with Crippen LogP contribution in [0.1, 0.15) is 30.5 Å². The summed E-state index contributed by atoms with van der Waals surface area (Å²) in [6.45, 7) is 7.43. The molecule has 9 rings (SSSR count). The molecule has 4 nitrogen and oxygen atoms in total. The minimum atomic E-state index is -0.375. The number of pyridine rings is 1. The van der Waals surface area contributed by atoms with Gasteiger partial charge in [-0.15, -0.1) is 11.5 Å². The van der Waals surface area contributed by atoms with Gasteiger partial charge < -0.3 is 14.4 Å². The van der Waals surface area contributed by atoms with Crippen molar-refractivity contribution >= 4 is 44.6 Å². The minimum absolute atomic E-state index is 0. The van der Waals surface area contributed by atoms with Crippen LogP contribution in [0.15, 0.2) is 152 Å². The van der Waals surface area contributed by atoms with Crippen LogP contribution in [0.4, 0.5) is 22.7 Å². The first-order valence-corrected chi connectivity index (χ1v) is 17.2. The second kappa shape index (κ2) is 13.0. The molecule has 0 N–H and O–H groups in total. The summed E-state index contributed by atoms with van der Waals surface area (Å²) in [4.78, 5) is 9.64. The third-order valence-electron chi connectivity index (χ3n) is 10.2. The molecule has 0 saturated heterocycles. The van der Waals surface area contributed by atoms with Crippen LogP contribution in [0.3, 0.4) is 0 Å². The van der Waals surface area contributed by atoms with E-state index in [1.54, 1.807) is 0 Å². The Morgan fingerprint density at radius 2 is 1.33 bits per heavy atom. The first kappa shape index (κ1) is 32.7. The van der Waals surface area contributed by atoms with Crippen molar-refractivity contribution in [3.05, 3.63) is 181 Å². The van der Waals surface area contributed by atoms with Gasteiger partial charge in [-0.2, -0.15) is 47.5 Å². The Morgan fingerprint density at radius 1 is 0.627 bits per heavy atom. The molecule has 0 spiro atoms. The molecule has 0 amide bonds. The predicted molar refractivity (Wildman–Crippen MR) is 207 cm³/mol. The van der Waals surface area contributed by atoms with Crippen molar-refractivity contribution in [1.29, 1.82) is 0 Å². The van der Waals surface area contributed by atoms with E-state index in [2.05, 4.69) is 193 Å². The molecule has 8 aromatic rings. The van der Waals surface area contributed by atoms with Crippen molar-refractivity contribution in [1.82, 2.24) is 9.55 Å². The Kier molecular flexibility index (Phi) is 8.36. The van der Waals surface area contributed by atoms with Crippen LogP contribution in [0.5, 0.6) is 0 Å². The Morgan fingerprint density at radius 3 is 2.16 bits per heavy atom. The molecule has 5 heteroatoms. The standard InChI is InChI=1S/C46H36N4.Pt/c1-32-14-7-8-19-38(32)33-26-27-47-45(28-33)50-41-21-10-9-20-39(41)40-25-24-35(30-44(40)50)46(2,3)34-15-13-18-37(29-34)49-31-48(36-16-5-4-6-17-36)42-22-11-12-23-43(42)49;/h4-28H,31H2,1-3H3;/q-2;+2. The number of nitrogens with zero attached hydrogens (tertiary/aromatic N) is 4. The monoisotopic (exact) mass is 839 g/mol. The Bertz CT molecular complexity index is 2530. The summed E-state index contributed by atoms with van der Waals surface area (Å²) in [6, 6.07) is 59.4. The molecular weight excluding hydrogens is 804 g/mol. The van der Waals surface area contributed by atoms with Crippen LogP contribution in [-0.2, 0) is 26.5 Å². The number of anilines is 4. The van der Waals surface area contributed by atoms with Crippen molar-refractivity contribution in [3.63, 3.8) is 0 Å². The van der Waals surface area contributed by atoms with Gasteiger partial charge in [0, 0.05) is 17.4 Å². The van der Waals surface area contributed by atoms with E-state index in [0.29, 0.717) is 0 Å². The number of hydrogen-bond acceptors (Lipinski definition) is 3. The van der Waals surface area contributed by atoms with Crippen molar-refractivity contribution < 1.29 is 21.1 Å². The van der Waals surface area contributed by atoms with Gasteiger partial charge in [-0.05, 0) is 76.9 Å². The molecule has 250 valence electrons. The minimum Gasteiger partial charge on any atom is -0.345 e. The van der Waals surface area contributed by atoms with Crippen LogP contribution in [0, 0.1) is 19.1 Å². The van der Waals surface area contributed by atoms with E-state index in [9.17, 15) is 0 Å². The molecule has 0 aliphatic carbocycles. The van der Waals surface area contributed by atoms with Crippen LogP contribution >= 0.6 is 0 Å². The van der Waals surface area contributed by atoms with E-state index in [1.807, 2.05) is 6.20 Å². The largest absolute Gasteiger partial charge is 2.00 e. The molecule has 0 radical (unpaired) electrons. The average Bonchev–Trinajstić information content (AvgIpc) is 3.72. The summed E-state index contributed by atoms with van der Waals surface area (Å²) >= 11 is 0. The number of para-hydroxylation sites is 4. The van der Waals surface area contributed by atoms with E-state index in [1.165, 1.54) is 33.6 Å². The Balaban J connectivity index is 0.00000374. The van der Waals surface area contributed by atoms with Crippen molar-refractivity contribution in [2.24, 2.45) is 0 Å². The molecule has 0 unspecified atom stereocenters. The van der Waals surface area contributed by atoms with Crippen molar-refractivity contribution in [3.8, 4) is 16.9 Å². The van der Waals surface area contributed by atoms with Gasteiger partial charge in [0.2, 0.25) is 0 Å². The molecule has 6 aromatic carbocycles. The van der Waals surface area contributed by atoms with E-state index >= 15 is 0 Å². The molecule has 0 atom stereocenters. The zero-order valence-electron chi connectivity index (χ0n) is 28.7. The molecule has 51 heavy (non-hydrogen) atoms. The number of aryl methyl sites for hydroxylation is 1. The average molecular weight is 840 g/mol. The summed E-state index contributed by atoms with van der Waals surface area (Å²) in [5.74, 6) is 0.882. The summed E-state index contributed by atoms with van der Waals surface area (Å²) in [5, 5.41) is 2.35. The van der Waals surface area contributed by atoms with Crippen LogP contribution in [0.25, 0.3) is 38.8 Å². The summed E-state index contributed by atoms with van der Waals surface area (Å²) in [5.41, 5.74) is 12.2. The SMILES string of the molecule is Cc1ccccc1-c1ccnc(-n2c3[c-]c(C(C)(C)c4[c-]c(N5CN(c6ccccc6)c6ccccc65)ccc4)ccc3c3ccccc32)c1.[Pt+2]. The fraction of sp³-hybridized carbons (Fsp3) is 0.109. The predicted octanol–water partition coefficient (Wildman–Crippen LogP) is 11.3. The quantitative estimate of drug-likeness (QED) is 0.156. The van der Waals surface area contributed by atoms with Crippen LogP contribution < -0.4 is 9.80 Å². The molecule has 1 aliphatic rings. The fourth-order valence-corrected chi connectivity index (χ4v) is 7.47.